The van der Waals surface area contributed by atoms with Crippen molar-refractivity contribution in [1.82, 2.24) is 15.2 Å². The van der Waals surface area contributed by atoms with Crippen LogP contribution in [0.2, 0.25) is 0 Å². The van der Waals surface area contributed by atoms with Crippen LogP contribution in [0.25, 0.3) is 0 Å². The number of H-pyrrole nitrogens is 1. The van der Waals surface area contributed by atoms with Crippen LogP contribution in [0.1, 0.15) is 38.3 Å². The van der Waals surface area contributed by atoms with Crippen molar-refractivity contribution in [3.63, 3.8) is 0 Å². The van der Waals surface area contributed by atoms with E-state index in [0.717, 1.165) is 12.2 Å². The van der Waals surface area contributed by atoms with Crippen molar-refractivity contribution in [2.45, 2.75) is 33.1 Å². The number of carbonyl (C=O) groups is 1. The van der Waals surface area contributed by atoms with Gasteiger partial charge in [0.15, 0.2) is 5.82 Å². The van der Waals surface area contributed by atoms with E-state index in [9.17, 15) is 4.79 Å². The van der Waals surface area contributed by atoms with Gasteiger partial charge in [-0.3, -0.25) is 9.89 Å². The highest BCUT2D eigenvalue weighted by Crippen LogP contribution is 2.11. The second-order valence-corrected chi connectivity index (χ2v) is 2.97. The highest BCUT2D eigenvalue weighted by molar-refractivity contribution is 5.76. The summed E-state index contributed by atoms with van der Waals surface area (Å²) >= 11 is 0. The number of nitrogens with zero attached hydrogens (tertiary/aromatic N) is 2. The zero-order valence-corrected chi connectivity index (χ0v) is 8.70. The molecule has 0 fully saturated rings. The summed E-state index contributed by atoms with van der Waals surface area (Å²) in [6, 6.07) is 0. The van der Waals surface area contributed by atoms with E-state index in [1.165, 1.54) is 0 Å². The van der Waals surface area contributed by atoms with Crippen LogP contribution in [-0.2, 0) is 16.0 Å². The quantitative estimate of drug-likeness (QED) is 0.732. The fraction of sp³-hybridized carbons (Fsp3) is 0.667. The number of rotatable bonds is 4. The average molecular weight is 197 g/mol. The van der Waals surface area contributed by atoms with Gasteiger partial charge in [0.1, 0.15) is 11.7 Å². The monoisotopic (exact) mass is 197 g/mol. The van der Waals surface area contributed by atoms with Gasteiger partial charge in [0.2, 0.25) is 0 Å². The fourth-order valence-corrected chi connectivity index (χ4v) is 1.03. The van der Waals surface area contributed by atoms with Crippen molar-refractivity contribution in [3.8, 4) is 0 Å². The Morgan fingerprint density at radius 3 is 2.79 bits per heavy atom. The first-order chi connectivity index (χ1) is 6.69. The molecule has 1 unspecified atom stereocenters. The van der Waals surface area contributed by atoms with Crippen molar-refractivity contribution in [1.29, 1.82) is 0 Å². The molecule has 1 heterocycles. The molecule has 0 radical (unpaired) electrons. The summed E-state index contributed by atoms with van der Waals surface area (Å²) in [5.74, 6) is 0.608. The van der Waals surface area contributed by atoms with Crippen LogP contribution < -0.4 is 0 Å². The van der Waals surface area contributed by atoms with E-state index in [2.05, 4.69) is 15.2 Å². The second kappa shape index (κ2) is 4.74. The van der Waals surface area contributed by atoms with Crippen molar-refractivity contribution in [3.05, 3.63) is 11.6 Å². The van der Waals surface area contributed by atoms with Crippen molar-refractivity contribution in [2.75, 3.05) is 6.61 Å². The summed E-state index contributed by atoms with van der Waals surface area (Å²) in [6.07, 6.45) is 0.780. The molecule has 1 aromatic rings. The number of aromatic amines is 1. The smallest absolute Gasteiger partial charge is 0.316 e. The minimum absolute atomic E-state index is 0.283. The summed E-state index contributed by atoms with van der Waals surface area (Å²) in [5, 5.41) is 6.72. The van der Waals surface area contributed by atoms with Gasteiger partial charge in [-0.05, 0) is 13.8 Å². The number of aryl methyl sites for hydroxylation is 1. The molecular formula is C9H15N3O2. The van der Waals surface area contributed by atoms with E-state index in [1.807, 2.05) is 6.92 Å². The highest BCUT2D eigenvalue weighted by Gasteiger charge is 2.20. The van der Waals surface area contributed by atoms with Crippen LogP contribution in [0.4, 0.5) is 0 Å². The molecule has 5 heteroatoms. The van der Waals surface area contributed by atoms with Gasteiger partial charge in [0.05, 0.1) is 6.61 Å². The Hall–Kier alpha value is -1.39. The topological polar surface area (TPSA) is 67.9 Å². The van der Waals surface area contributed by atoms with Crippen molar-refractivity contribution < 1.29 is 9.53 Å². The summed E-state index contributed by atoms with van der Waals surface area (Å²) in [6.45, 7) is 5.87. The molecule has 1 rings (SSSR count). The normalized spacial score (nSPS) is 12.5. The summed E-state index contributed by atoms with van der Waals surface area (Å²) < 4.78 is 4.87. The Labute approximate surface area is 82.9 Å². The molecule has 0 aliphatic heterocycles. The lowest BCUT2D eigenvalue weighted by molar-refractivity contribution is -0.144. The molecular weight excluding hydrogens is 182 g/mol. The molecule has 14 heavy (non-hydrogen) atoms. The number of hydrogen-bond donors (Lipinski definition) is 1. The van der Waals surface area contributed by atoms with E-state index >= 15 is 0 Å². The first-order valence-corrected chi connectivity index (χ1v) is 4.76. The van der Waals surface area contributed by atoms with Gasteiger partial charge in [-0.15, -0.1) is 0 Å². The van der Waals surface area contributed by atoms with E-state index in [-0.39, 0.29) is 5.97 Å². The fourth-order valence-electron chi connectivity index (χ4n) is 1.03. The highest BCUT2D eigenvalue weighted by atomic mass is 16.5. The van der Waals surface area contributed by atoms with Gasteiger partial charge in [-0.2, -0.15) is 5.10 Å². The predicted molar refractivity (Wildman–Crippen MR) is 50.8 cm³/mol. The molecule has 0 aliphatic carbocycles. The maximum Gasteiger partial charge on any atom is 0.316 e. The number of aromatic nitrogens is 3. The SMILES string of the molecule is CCOC(=O)C(C)c1n[nH]c(CC)n1. The minimum atomic E-state index is -0.397. The van der Waals surface area contributed by atoms with Crippen molar-refractivity contribution in [2.24, 2.45) is 0 Å². The number of carbonyl (C=O) groups excluding carboxylic acids is 1. The van der Waals surface area contributed by atoms with E-state index < -0.39 is 5.92 Å². The molecule has 0 bridgehead atoms. The van der Waals surface area contributed by atoms with Gasteiger partial charge in [0.25, 0.3) is 0 Å². The number of esters is 1. The van der Waals surface area contributed by atoms with Gasteiger partial charge in [-0.1, -0.05) is 6.92 Å². The first-order valence-electron chi connectivity index (χ1n) is 4.76. The lowest BCUT2D eigenvalue weighted by atomic mass is 10.2. The molecule has 0 spiro atoms. The lowest BCUT2D eigenvalue weighted by Crippen LogP contribution is -2.14. The Bertz CT molecular complexity index is 309. The summed E-state index contributed by atoms with van der Waals surface area (Å²) in [5.41, 5.74) is 0. The maximum atomic E-state index is 11.3. The van der Waals surface area contributed by atoms with E-state index in [0.29, 0.717) is 12.4 Å². The van der Waals surface area contributed by atoms with Crippen molar-refractivity contribution >= 4 is 5.97 Å². The minimum Gasteiger partial charge on any atom is -0.465 e. The van der Waals surface area contributed by atoms with Crippen LogP contribution in [-0.4, -0.2) is 27.8 Å². The third kappa shape index (κ3) is 2.31. The van der Waals surface area contributed by atoms with Gasteiger partial charge < -0.3 is 4.74 Å². The molecule has 78 valence electrons. The largest absolute Gasteiger partial charge is 0.465 e. The Kier molecular flexibility index (Phi) is 3.62. The van der Waals surface area contributed by atoms with Crippen LogP contribution >= 0.6 is 0 Å². The Morgan fingerprint density at radius 1 is 1.57 bits per heavy atom. The molecule has 0 saturated carbocycles. The van der Waals surface area contributed by atoms with Gasteiger partial charge >= 0.3 is 5.97 Å². The summed E-state index contributed by atoms with van der Waals surface area (Å²) in [4.78, 5) is 15.5. The first kappa shape index (κ1) is 10.7. The van der Waals surface area contributed by atoms with Gasteiger partial charge in [-0.25, -0.2) is 4.98 Å². The van der Waals surface area contributed by atoms with Crippen LogP contribution in [0.3, 0.4) is 0 Å². The van der Waals surface area contributed by atoms with Crippen LogP contribution in [0.15, 0.2) is 0 Å². The second-order valence-electron chi connectivity index (χ2n) is 2.97. The Morgan fingerprint density at radius 2 is 2.29 bits per heavy atom. The Balaban J connectivity index is 2.68. The van der Waals surface area contributed by atoms with Crippen LogP contribution in [0.5, 0.6) is 0 Å². The molecule has 1 aromatic heterocycles. The summed E-state index contributed by atoms with van der Waals surface area (Å²) in [7, 11) is 0. The average Bonchev–Trinajstić information content (AvgIpc) is 2.65. The maximum absolute atomic E-state index is 11.3. The number of ether oxygens (including phenoxy) is 1. The molecule has 0 aromatic carbocycles. The zero-order valence-electron chi connectivity index (χ0n) is 8.70. The number of nitrogens with one attached hydrogen (secondary N) is 1. The number of hydrogen-bond acceptors (Lipinski definition) is 4. The lowest BCUT2D eigenvalue weighted by Gasteiger charge is -2.05. The van der Waals surface area contributed by atoms with Crippen LogP contribution in [0, 0.1) is 0 Å². The predicted octanol–water partition coefficient (Wildman–Crippen LogP) is 1.03. The third-order valence-corrected chi connectivity index (χ3v) is 1.91. The molecule has 0 saturated heterocycles. The third-order valence-electron chi connectivity index (χ3n) is 1.91. The molecule has 0 amide bonds. The standard InChI is InChI=1S/C9H15N3O2/c1-4-7-10-8(12-11-7)6(3)9(13)14-5-2/h6H,4-5H2,1-3H3,(H,10,11,12). The molecule has 1 N–H and O–H groups in total. The molecule has 0 aliphatic rings. The zero-order chi connectivity index (χ0) is 10.6. The van der Waals surface area contributed by atoms with Gasteiger partial charge in [0, 0.05) is 6.42 Å². The van der Waals surface area contributed by atoms with E-state index in [4.69, 9.17) is 4.74 Å². The molecule has 5 nitrogen and oxygen atoms in total. The molecule has 1 atom stereocenters. The van der Waals surface area contributed by atoms with E-state index in [1.54, 1.807) is 13.8 Å².